The van der Waals surface area contributed by atoms with Gasteiger partial charge in [0.1, 0.15) is 0 Å². The van der Waals surface area contributed by atoms with Crippen molar-refractivity contribution in [1.82, 2.24) is 5.32 Å². The van der Waals surface area contributed by atoms with Gasteiger partial charge in [-0.05, 0) is 12.3 Å². The molecule has 0 bridgehead atoms. The van der Waals surface area contributed by atoms with Crippen LogP contribution in [0.3, 0.4) is 0 Å². The topological polar surface area (TPSA) is 29.1 Å². The molecule has 0 aromatic heterocycles. The molecule has 1 N–H and O–H groups in total. The molecule has 2 heteroatoms. The van der Waals surface area contributed by atoms with Crippen molar-refractivity contribution in [2.45, 2.75) is 27.2 Å². The Morgan fingerprint density at radius 1 is 1.64 bits per heavy atom. The first kappa shape index (κ1) is 8.31. The Kier molecular flexibility index (Phi) is 2.32. The van der Waals surface area contributed by atoms with E-state index in [1.54, 1.807) is 0 Å². The lowest BCUT2D eigenvalue weighted by molar-refractivity contribution is -0.124. The van der Waals surface area contributed by atoms with Gasteiger partial charge in [0, 0.05) is 11.6 Å². The maximum Gasteiger partial charge on any atom is 0.227 e. The van der Waals surface area contributed by atoms with Crippen molar-refractivity contribution in [2.24, 2.45) is 11.8 Å². The molecule has 0 aliphatic carbocycles. The first-order chi connectivity index (χ1) is 5.11. The molecule has 1 aliphatic rings. The number of hydrogen-bond acceptors (Lipinski definition) is 1. The van der Waals surface area contributed by atoms with Gasteiger partial charge < -0.3 is 5.32 Å². The highest BCUT2D eigenvalue weighted by Crippen LogP contribution is 2.16. The summed E-state index contributed by atoms with van der Waals surface area (Å²) in [6.45, 7) is 6.12. The normalized spacial score (nSPS) is 24.9. The van der Waals surface area contributed by atoms with Gasteiger partial charge in [0.05, 0.1) is 0 Å². The maximum absolute atomic E-state index is 11.2. The highest BCUT2D eigenvalue weighted by molar-refractivity contribution is 5.81. The molecule has 1 rings (SSSR count). The minimum absolute atomic E-state index is 0.150. The molecule has 0 saturated carbocycles. The second-order valence-corrected chi connectivity index (χ2v) is 3.44. The zero-order valence-corrected chi connectivity index (χ0v) is 7.35. The second kappa shape index (κ2) is 3.07. The fourth-order valence-electron chi connectivity index (χ4n) is 1.11. The van der Waals surface area contributed by atoms with Crippen LogP contribution in [0.25, 0.3) is 0 Å². The molecule has 0 spiro atoms. The number of carbonyl (C=O) groups excluding carboxylic acids is 1. The van der Waals surface area contributed by atoms with E-state index in [4.69, 9.17) is 0 Å². The van der Waals surface area contributed by atoms with E-state index in [-0.39, 0.29) is 11.8 Å². The Morgan fingerprint density at radius 2 is 2.27 bits per heavy atom. The van der Waals surface area contributed by atoms with Crippen molar-refractivity contribution < 1.29 is 4.79 Å². The van der Waals surface area contributed by atoms with Crippen molar-refractivity contribution in [2.75, 3.05) is 0 Å². The number of rotatable bonds is 1. The van der Waals surface area contributed by atoms with Crippen LogP contribution in [0.4, 0.5) is 0 Å². The van der Waals surface area contributed by atoms with E-state index in [9.17, 15) is 4.79 Å². The molecule has 1 unspecified atom stereocenters. The molecular weight excluding hydrogens is 138 g/mol. The van der Waals surface area contributed by atoms with E-state index in [0.29, 0.717) is 5.92 Å². The average Bonchev–Trinajstić information content (AvgIpc) is 1.94. The summed E-state index contributed by atoms with van der Waals surface area (Å²) in [7, 11) is 0. The van der Waals surface area contributed by atoms with Gasteiger partial charge >= 0.3 is 0 Å². The number of amides is 1. The molecule has 0 radical (unpaired) electrons. The van der Waals surface area contributed by atoms with Gasteiger partial charge in [-0.25, -0.2) is 0 Å². The molecule has 1 amide bonds. The van der Waals surface area contributed by atoms with Gasteiger partial charge in [-0.1, -0.05) is 26.8 Å². The summed E-state index contributed by atoms with van der Waals surface area (Å²) in [6.07, 6.45) is 3.01. The van der Waals surface area contributed by atoms with Gasteiger partial charge in [-0.15, -0.1) is 0 Å². The smallest absolute Gasteiger partial charge is 0.227 e. The van der Waals surface area contributed by atoms with Crippen LogP contribution in [0, 0.1) is 11.8 Å². The highest BCUT2D eigenvalue weighted by Gasteiger charge is 2.18. The summed E-state index contributed by atoms with van der Waals surface area (Å²) in [5.41, 5.74) is 1.08. The van der Waals surface area contributed by atoms with E-state index in [1.807, 2.05) is 6.92 Å². The van der Waals surface area contributed by atoms with E-state index < -0.39 is 0 Å². The van der Waals surface area contributed by atoms with Gasteiger partial charge in [0.2, 0.25) is 5.91 Å². The van der Waals surface area contributed by atoms with Crippen molar-refractivity contribution in [3.05, 3.63) is 11.8 Å². The van der Waals surface area contributed by atoms with Crippen LogP contribution in [0.2, 0.25) is 0 Å². The van der Waals surface area contributed by atoms with Gasteiger partial charge in [-0.2, -0.15) is 0 Å². The van der Waals surface area contributed by atoms with Gasteiger partial charge in [-0.3, -0.25) is 4.79 Å². The van der Waals surface area contributed by atoms with E-state index in [1.165, 1.54) is 0 Å². The lowest BCUT2D eigenvalue weighted by Gasteiger charge is -2.21. The summed E-state index contributed by atoms with van der Waals surface area (Å²) < 4.78 is 0. The predicted molar refractivity (Wildman–Crippen MR) is 44.8 cm³/mol. The Hall–Kier alpha value is -0.790. The lowest BCUT2D eigenvalue weighted by Crippen LogP contribution is -2.33. The molecule has 0 aromatic carbocycles. The molecule has 62 valence electrons. The quantitative estimate of drug-likeness (QED) is 0.610. The van der Waals surface area contributed by atoms with Crippen LogP contribution in [-0.2, 0) is 4.79 Å². The Labute approximate surface area is 67.7 Å². The average molecular weight is 153 g/mol. The van der Waals surface area contributed by atoms with E-state index in [2.05, 4.69) is 25.2 Å². The largest absolute Gasteiger partial charge is 0.330 e. The summed E-state index contributed by atoms with van der Waals surface area (Å²) in [6, 6.07) is 0. The molecule has 0 aromatic rings. The molecule has 1 aliphatic heterocycles. The molecule has 2 nitrogen and oxygen atoms in total. The zero-order chi connectivity index (χ0) is 8.43. The third-order valence-electron chi connectivity index (χ3n) is 2.03. The zero-order valence-electron chi connectivity index (χ0n) is 7.35. The molecule has 1 atom stereocenters. The van der Waals surface area contributed by atoms with Crippen LogP contribution in [0.15, 0.2) is 11.8 Å². The van der Waals surface area contributed by atoms with Crippen LogP contribution in [-0.4, -0.2) is 5.91 Å². The highest BCUT2D eigenvalue weighted by atomic mass is 16.1. The molecule has 0 saturated heterocycles. The number of allylic oxidation sites excluding steroid dienone is 2. The Bertz CT molecular complexity index is 194. The van der Waals surface area contributed by atoms with Crippen LogP contribution in [0.5, 0.6) is 0 Å². The van der Waals surface area contributed by atoms with Crippen molar-refractivity contribution in [3.8, 4) is 0 Å². The SMILES string of the molecule is CC(C)C1=CCC(C)C(=O)N1. The summed E-state index contributed by atoms with van der Waals surface area (Å²) >= 11 is 0. The molecule has 0 fully saturated rings. The minimum atomic E-state index is 0.150. The predicted octanol–water partition coefficient (Wildman–Crippen LogP) is 1.68. The van der Waals surface area contributed by atoms with Gasteiger partial charge in [0.25, 0.3) is 0 Å². The summed E-state index contributed by atoms with van der Waals surface area (Å²) in [5.74, 6) is 0.750. The van der Waals surface area contributed by atoms with Gasteiger partial charge in [0.15, 0.2) is 0 Å². The first-order valence-corrected chi connectivity index (χ1v) is 4.12. The monoisotopic (exact) mass is 153 g/mol. The van der Waals surface area contributed by atoms with E-state index in [0.717, 1.165) is 12.1 Å². The third kappa shape index (κ3) is 1.82. The van der Waals surface area contributed by atoms with Crippen molar-refractivity contribution in [3.63, 3.8) is 0 Å². The fraction of sp³-hybridized carbons (Fsp3) is 0.667. The molecule has 11 heavy (non-hydrogen) atoms. The number of carbonyl (C=O) groups is 1. The second-order valence-electron chi connectivity index (χ2n) is 3.44. The van der Waals surface area contributed by atoms with Crippen LogP contribution in [0.1, 0.15) is 27.2 Å². The summed E-state index contributed by atoms with van der Waals surface area (Å²) in [5, 5.41) is 2.89. The molecular formula is C9H15NO. The Morgan fingerprint density at radius 3 is 2.73 bits per heavy atom. The fourth-order valence-corrected chi connectivity index (χ4v) is 1.11. The van der Waals surface area contributed by atoms with E-state index >= 15 is 0 Å². The van der Waals surface area contributed by atoms with Crippen molar-refractivity contribution >= 4 is 5.91 Å². The number of hydrogen-bond donors (Lipinski definition) is 1. The first-order valence-electron chi connectivity index (χ1n) is 4.12. The van der Waals surface area contributed by atoms with Crippen LogP contribution < -0.4 is 5.32 Å². The summed E-state index contributed by atoms with van der Waals surface area (Å²) in [4.78, 5) is 11.2. The minimum Gasteiger partial charge on any atom is -0.330 e. The van der Waals surface area contributed by atoms with Crippen molar-refractivity contribution in [1.29, 1.82) is 0 Å². The third-order valence-corrected chi connectivity index (χ3v) is 2.03. The number of nitrogens with one attached hydrogen (secondary N) is 1. The maximum atomic E-state index is 11.2. The standard InChI is InChI=1S/C9H15NO/c1-6(2)8-5-4-7(3)9(11)10-8/h5-7H,4H2,1-3H3,(H,10,11). The Balaban J connectivity index is 2.66. The van der Waals surface area contributed by atoms with Crippen LogP contribution >= 0.6 is 0 Å². The molecule has 1 heterocycles. The lowest BCUT2D eigenvalue weighted by atomic mass is 9.98.